The first-order valence-electron chi connectivity index (χ1n) is 12.4. The fourth-order valence-electron chi connectivity index (χ4n) is 4.82. The lowest BCUT2D eigenvalue weighted by Gasteiger charge is -2.32. The molecule has 186 valence electrons. The van der Waals surface area contributed by atoms with Crippen LogP contribution in [0.25, 0.3) is 11.1 Å². The van der Waals surface area contributed by atoms with Gasteiger partial charge in [0.05, 0.1) is 12.1 Å². The number of carboxylic acids is 1. The Balaban J connectivity index is 1.31. The van der Waals surface area contributed by atoms with Crippen molar-refractivity contribution in [2.75, 3.05) is 18.0 Å². The zero-order valence-corrected chi connectivity index (χ0v) is 20.7. The Morgan fingerprint density at radius 1 is 1.03 bits per heavy atom. The van der Waals surface area contributed by atoms with Crippen LogP contribution < -0.4 is 10.2 Å². The highest BCUT2D eigenvalue weighted by Gasteiger charge is 2.19. The van der Waals surface area contributed by atoms with Crippen LogP contribution in [0.3, 0.4) is 0 Å². The maximum atomic E-state index is 12.8. The van der Waals surface area contributed by atoms with Crippen molar-refractivity contribution in [1.82, 2.24) is 5.32 Å². The van der Waals surface area contributed by atoms with Gasteiger partial charge in [0.15, 0.2) is 0 Å². The fraction of sp³-hybridized carbons (Fsp3) is 0.156. The number of anilines is 1. The van der Waals surface area contributed by atoms with E-state index in [0.717, 1.165) is 47.3 Å². The molecule has 6 heteroatoms. The second-order valence-electron chi connectivity index (χ2n) is 9.24. The van der Waals surface area contributed by atoms with Crippen molar-refractivity contribution in [1.29, 1.82) is 5.26 Å². The van der Waals surface area contributed by atoms with E-state index in [-0.39, 0.29) is 11.5 Å². The summed E-state index contributed by atoms with van der Waals surface area (Å²) in [7, 11) is 0. The molecule has 2 aliphatic rings. The van der Waals surface area contributed by atoms with Gasteiger partial charge in [0.1, 0.15) is 11.6 Å². The fourth-order valence-corrected chi connectivity index (χ4v) is 4.82. The lowest BCUT2D eigenvalue weighted by Crippen LogP contribution is -2.30. The van der Waals surface area contributed by atoms with E-state index in [1.807, 2.05) is 48.5 Å². The number of carboxylic acid groups (broad SMARTS) is 1. The zero-order valence-electron chi connectivity index (χ0n) is 20.7. The van der Waals surface area contributed by atoms with Crippen molar-refractivity contribution in [3.8, 4) is 17.2 Å². The number of nitriles is 1. The van der Waals surface area contributed by atoms with Gasteiger partial charge in [-0.15, -0.1) is 0 Å². The number of hydrogen-bond donors (Lipinski definition) is 2. The predicted molar refractivity (Wildman–Crippen MR) is 146 cm³/mol. The number of allylic oxidation sites excluding steroid dienone is 2. The van der Waals surface area contributed by atoms with Crippen molar-refractivity contribution in [2.45, 2.75) is 19.4 Å². The summed E-state index contributed by atoms with van der Waals surface area (Å²) in [6, 6.07) is 22.9. The van der Waals surface area contributed by atoms with Crippen LogP contribution >= 0.6 is 0 Å². The number of nitrogens with one attached hydrogen (secondary N) is 1. The molecular weight excluding hydrogens is 474 g/mol. The second-order valence-corrected chi connectivity index (χ2v) is 9.24. The molecule has 2 N–H and O–H groups in total. The van der Waals surface area contributed by atoms with E-state index in [0.29, 0.717) is 29.8 Å². The standard InChI is InChI=1S/C32H25N3O3/c33-19-22-10-12-23(13-11-22)20-34-31(36)27-14-15-30-26(18-27)7-4-16-35(30)21-24-5-3-6-25(17-24)28-8-1-2-9-29(28)32(37)38/h1-3,5-6,8-10,12,14-15,17-18H,4,7,16,20-21H2,(H,34,36)(H,37,38). The maximum absolute atomic E-state index is 12.8. The highest BCUT2D eigenvalue weighted by atomic mass is 16.4. The number of hydrogen-bond acceptors (Lipinski definition) is 4. The molecule has 0 saturated carbocycles. The number of nitrogens with zero attached hydrogens (tertiary/aromatic N) is 2. The van der Waals surface area contributed by atoms with Crippen LogP contribution in [0, 0.1) is 11.3 Å². The van der Waals surface area contributed by atoms with Gasteiger partial charge in [0.2, 0.25) is 0 Å². The Hall–Kier alpha value is -5.07. The van der Waals surface area contributed by atoms with E-state index < -0.39 is 5.97 Å². The average molecular weight is 500 g/mol. The van der Waals surface area contributed by atoms with Crippen molar-refractivity contribution < 1.29 is 14.7 Å². The molecule has 3 aromatic rings. The molecule has 0 fully saturated rings. The Morgan fingerprint density at radius 3 is 2.68 bits per heavy atom. The molecule has 1 aliphatic heterocycles. The molecule has 0 radical (unpaired) electrons. The summed E-state index contributed by atoms with van der Waals surface area (Å²) in [5, 5.41) is 21.4. The van der Waals surface area contributed by atoms with Crippen LogP contribution in [0.4, 0.5) is 5.69 Å². The van der Waals surface area contributed by atoms with Crippen LogP contribution in [0.2, 0.25) is 0 Å². The number of benzene rings is 3. The first-order chi connectivity index (χ1) is 18.5. The van der Waals surface area contributed by atoms with Gasteiger partial charge in [-0.05, 0) is 77.6 Å². The molecule has 0 bridgehead atoms. The monoisotopic (exact) mass is 499 g/mol. The second kappa shape index (κ2) is 10.9. The van der Waals surface area contributed by atoms with Gasteiger partial charge in [-0.2, -0.15) is 5.26 Å². The first kappa shape index (κ1) is 24.6. The lowest BCUT2D eigenvalue weighted by molar-refractivity contribution is 0.0697. The molecule has 1 amide bonds. The Bertz CT molecular complexity index is 1610. The highest BCUT2D eigenvalue weighted by molar-refractivity contribution is 5.96. The van der Waals surface area contributed by atoms with E-state index in [2.05, 4.69) is 33.8 Å². The van der Waals surface area contributed by atoms with Gasteiger partial charge in [-0.25, -0.2) is 4.79 Å². The molecule has 1 aliphatic carbocycles. The first-order valence-corrected chi connectivity index (χ1v) is 12.4. The lowest BCUT2D eigenvalue weighted by atomic mass is 9.96. The number of rotatable bonds is 7. The number of amides is 1. The minimum absolute atomic E-state index is 0.160. The number of carbonyl (C=O) groups excluding carboxylic acids is 1. The van der Waals surface area contributed by atoms with Crippen molar-refractivity contribution in [2.24, 2.45) is 0 Å². The molecule has 0 aromatic heterocycles. The molecule has 0 unspecified atom stereocenters. The minimum atomic E-state index is -0.941. The highest BCUT2D eigenvalue weighted by Crippen LogP contribution is 2.31. The summed E-state index contributed by atoms with van der Waals surface area (Å²) >= 11 is 0. The molecular formula is C32H25N3O3. The number of fused-ring (bicyclic) bond motifs is 1. The Labute approximate surface area is 221 Å². The van der Waals surface area contributed by atoms with Crippen molar-refractivity contribution >= 4 is 17.6 Å². The smallest absolute Gasteiger partial charge is 0.336 e. The Morgan fingerprint density at radius 2 is 1.89 bits per heavy atom. The average Bonchev–Trinajstić information content (AvgIpc) is 2.96. The van der Waals surface area contributed by atoms with Crippen molar-refractivity contribution in [3.05, 3.63) is 124 Å². The summed E-state index contributed by atoms with van der Waals surface area (Å²) in [5.74, 6) is -1.10. The van der Waals surface area contributed by atoms with Crippen LogP contribution in [0.1, 0.15) is 38.3 Å². The molecule has 0 spiro atoms. The molecule has 1 heterocycles. The summed E-state index contributed by atoms with van der Waals surface area (Å²) in [6.07, 6.45) is 5.30. The number of carbonyl (C=O) groups is 2. The van der Waals surface area contributed by atoms with Crippen LogP contribution in [-0.2, 0) is 13.0 Å². The number of aryl methyl sites for hydroxylation is 1. The summed E-state index contributed by atoms with van der Waals surface area (Å²) in [6.45, 7) is 1.90. The van der Waals surface area contributed by atoms with Gasteiger partial charge >= 0.3 is 5.97 Å². The molecule has 6 nitrogen and oxygen atoms in total. The quantitative estimate of drug-likeness (QED) is 0.423. The van der Waals surface area contributed by atoms with Gasteiger partial charge in [-0.1, -0.05) is 47.9 Å². The minimum Gasteiger partial charge on any atom is -0.478 e. The van der Waals surface area contributed by atoms with E-state index in [1.165, 1.54) is 0 Å². The van der Waals surface area contributed by atoms with Crippen LogP contribution in [0.5, 0.6) is 0 Å². The van der Waals surface area contributed by atoms with Gasteiger partial charge in [-0.3, -0.25) is 4.79 Å². The van der Waals surface area contributed by atoms with Gasteiger partial charge in [0.25, 0.3) is 5.91 Å². The van der Waals surface area contributed by atoms with Gasteiger partial charge < -0.3 is 15.3 Å². The molecule has 0 saturated heterocycles. The predicted octanol–water partition coefficient (Wildman–Crippen LogP) is 5.43. The van der Waals surface area contributed by atoms with E-state index >= 15 is 0 Å². The van der Waals surface area contributed by atoms with Crippen LogP contribution in [0.15, 0.2) is 101 Å². The summed E-state index contributed by atoms with van der Waals surface area (Å²) in [5.41, 5.74) is 12.6. The van der Waals surface area contributed by atoms with Gasteiger partial charge in [0, 0.05) is 29.9 Å². The molecule has 3 aromatic carbocycles. The maximum Gasteiger partial charge on any atom is 0.336 e. The topological polar surface area (TPSA) is 93.4 Å². The third-order valence-electron chi connectivity index (χ3n) is 6.69. The van der Waals surface area contributed by atoms with E-state index in [9.17, 15) is 14.7 Å². The molecule has 5 rings (SSSR count). The molecule has 0 atom stereocenters. The SMILES string of the molecule is N#CC1=C=C=C(CNC(=O)c2ccc3c(c2)CCCN3Cc2cccc(-c3ccccc3C(=O)O)c2)C=C1. The van der Waals surface area contributed by atoms with E-state index in [1.54, 1.807) is 24.3 Å². The van der Waals surface area contributed by atoms with E-state index in [4.69, 9.17) is 5.26 Å². The largest absolute Gasteiger partial charge is 0.478 e. The normalized spacial score (nSPS) is 13.7. The number of aromatic carboxylic acids is 1. The molecule has 38 heavy (non-hydrogen) atoms. The van der Waals surface area contributed by atoms with Crippen molar-refractivity contribution in [3.63, 3.8) is 0 Å². The Kier molecular flexibility index (Phi) is 7.06. The summed E-state index contributed by atoms with van der Waals surface area (Å²) < 4.78 is 0. The third kappa shape index (κ3) is 5.36. The zero-order chi connectivity index (χ0) is 26.5. The summed E-state index contributed by atoms with van der Waals surface area (Å²) in [4.78, 5) is 26.8. The third-order valence-corrected chi connectivity index (χ3v) is 6.69. The van der Waals surface area contributed by atoms with Crippen LogP contribution in [-0.4, -0.2) is 30.1 Å².